The van der Waals surface area contributed by atoms with E-state index in [4.69, 9.17) is 16.3 Å². The predicted octanol–water partition coefficient (Wildman–Crippen LogP) is 4.52. The first-order valence-corrected chi connectivity index (χ1v) is 7.43. The van der Waals surface area contributed by atoms with E-state index in [1.807, 2.05) is 0 Å². The number of hydrogen-bond donors (Lipinski definition) is 1. The first-order chi connectivity index (χ1) is 9.51. The van der Waals surface area contributed by atoms with Crippen LogP contribution in [0.3, 0.4) is 0 Å². The van der Waals surface area contributed by atoms with E-state index in [0.29, 0.717) is 21.5 Å². The minimum Gasteiger partial charge on any atom is -0.496 e. The SMILES string of the molecule is COc1ccc(NC(=O)c2cc(Br)cnc2Cl)cc1Br. The van der Waals surface area contributed by atoms with E-state index in [9.17, 15) is 4.79 Å². The summed E-state index contributed by atoms with van der Waals surface area (Å²) in [5, 5.41) is 2.90. The van der Waals surface area contributed by atoms with Gasteiger partial charge in [0.25, 0.3) is 5.91 Å². The van der Waals surface area contributed by atoms with Gasteiger partial charge in [0.1, 0.15) is 10.9 Å². The first-order valence-electron chi connectivity index (χ1n) is 5.47. The van der Waals surface area contributed by atoms with Crippen LogP contribution in [0, 0.1) is 0 Å². The molecule has 20 heavy (non-hydrogen) atoms. The summed E-state index contributed by atoms with van der Waals surface area (Å²) in [6.07, 6.45) is 1.53. The van der Waals surface area contributed by atoms with Crippen molar-refractivity contribution in [1.29, 1.82) is 0 Å². The zero-order chi connectivity index (χ0) is 14.7. The smallest absolute Gasteiger partial charge is 0.258 e. The molecule has 1 amide bonds. The molecule has 0 fully saturated rings. The van der Waals surface area contributed by atoms with E-state index < -0.39 is 0 Å². The Bertz CT molecular complexity index is 665. The Morgan fingerprint density at radius 2 is 2.10 bits per heavy atom. The molecule has 0 unspecified atom stereocenters. The molecule has 2 aromatic rings. The monoisotopic (exact) mass is 418 g/mol. The molecule has 1 N–H and O–H groups in total. The molecule has 0 bridgehead atoms. The summed E-state index contributed by atoms with van der Waals surface area (Å²) in [4.78, 5) is 16.1. The molecular formula is C13H9Br2ClN2O2. The molecule has 1 heterocycles. The Morgan fingerprint density at radius 1 is 1.35 bits per heavy atom. The highest BCUT2D eigenvalue weighted by Gasteiger charge is 2.13. The third-order valence-electron chi connectivity index (χ3n) is 2.46. The van der Waals surface area contributed by atoms with Gasteiger partial charge in [-0.3, -0.25) is 4.79 Å². The number of methoxy groups -OCH3 is 1. The highest BCUT2D eigenvalue weighted by Crippen LogP contribution is 2.28. The van der Waals surface area contributed by atoms with Crippen LogP contribution in [0.5, 0.6) is 5.75 Å². The number of aromatic nitrogens is 1. The van der Waals surface area contributed by atoms with Crippen molar-refractivity contribution in [1.82, 2.24) is 4.98 Å². The standard InChI is InChI=1S/C13H9Br2ClN2O2/c1-20-11-3-2-8(5-10(11)15)18-13(19)9-4-7(14)6-17-12(9)16/h2-6H,1H3,(H,18,19). The summed E-state index contributed by atoms with van der Waals surface area (Å²) in [7, 11) is 1.57. The molecule has 104 valence electrons. The maximum atomic E-state index is 12.1. The van der Waals surface area contributed by atoms with Crippen LogP contribution in [0.15, 0.2) is 39.4 Å². The van der Waals surface area contributed by atoms with Crippen molar-refractivity contribution < 1.29 is 9.53 Å². The van der Waals surface area contributed by atoms with Gasteiger partial charge in [-0.15, -0.1) is 0 Å². The van der Waals surface area contributed by atoms with E-state index >= 15 is 0 Å². The van der Waals surface area contributed by atoms with Crippen molar-refractivity contribution in [3.63, 3.8) is 0 Å². The van der Waals surface area contributed by atoms with Crippen molar-refractivity contribution in [2.75, 3.05) is 12.4 Å². The van der Waals surface area contributed by atoms with Gasteiger partial charge in [-0.1, -0.05) is 11.6 Å². The van der Waals surface area contributed by atoms with Gasteiger partial charge in [0.15, 0.2) is 0 Å². The number of carbonyl (C=O) groups excluding carboxylic acids is 1. The van der Waals surface area contributed by atoms with Crippen LogP contribution < -0.4 is 10.1 Å². The Hall–Kier alpha value is -1.11. The van der Waals surface area contributed by atoms with Gasteiger partial charge in [0, 0.05) is 16.4 Å². The van der Waals surface area contributed by atoms with Crippen molar-refractivity contribution in [2.24, 2.45) is 0 Å². The molecule has 0 saturated carbocycles. The van der Waals surface area contributed by atoms with Gasteiger partial charge in [-0.05, 0) is 56.1 Å². The lowest BCUT2D eigenvalue weighted by Gasteiger charge is -2.09. The molecular weight excluding hydrogens is 411 g/mol. The highest BCUT2D eigenvalue weighted by molar-refractivity contribution is 9.10. The normalized spacial score (nSPS) is 10.2. The number of hydrogen-bond acceptors (Lipinski definition) is 3. The summed E-state index contributed by atoms with van der Waals surface area (Å²) >= 11 is 12.5. The molecule has 0 atom stereocenters. The second-order valence-corrected chi connectivity index (χ2v) is 5.92. The van der Waals surface area contributed by atoms with Crippen molar-refractivity contribution >= 4 is 55.1 Å². The van der Waals surface area contributed by atoms with E-state index in [2.05, 4.69) is 42.2 Å². The third-order valence-corrected chi connectivity index (χ3v) is 3.81. The Balaban J connectivity index is 2.23. The predicted molar refractivity (Wildman–Crippen MR) is 85.6 cm³/mol. The molecule has 0 spiro atoms. The summed E-state index contributed by atoms with van der Waals surface area (Å²) in [5.41, 5.74) is 0.923. The van der Waals surface area contributed by atoms with Crippen LogP contribution in [0.1, 0.15) is 10.4 Å². The summed E-state index contributed by atoms with van der Waals surface area (Å²) in [5.74, 6) is 0.353. The van der Waals surface area contributed by atoms with Crippen LogP contribution in [-0.2, 0) is 0 Å². The molecule has 1 aromatic heterocycles. The minimum absolute atomic E-state index is 0.151. The summed E-state index contributed by atoms with van der Waals surface area (Å²) < 4.78 is 6.56. The largest absolute Gasteiger partial charge is 0.496 e. The Kier molecular flexibility index (Phi) is 5.01. The average Bonchev–Trinajstić information content (AvgIpc) is 2.41. The van der Waals surface area contributed by atoms with Crippen molar-refractivity contribution in [2.45, 2.75) is 0 Å². The molecule has 0 aliphatic carbocycles. The lowest BCUT2D eigenvalue weighted by atomic mass is 10.2. The van der Waals surface area contributed by atoms with E-state index in [0.717, 1.165) is 4.47 Å². The number of halogens is 3. The summed E-state index contributed by atoms with van der Waals surface area (Å²) in [6.45, 7) is 0. The number of amides is 1. The number of ether oxygens (including phenoxy) is 1. The van der Waals surface area contributed by atoms with Gasteiger partial charge in [0.2, 0.25) is 0 Å². The maximum absolute atomic E-state index is 12.1. The van der Waals surface area contributed by atoms with Gasteiger partial charge < -0.3 is 10.1 Å². The fourth-order valence-electron chi connectivity index (χ4n) is 1.52. The molecule has 0 aliphatic rings. The molecule has 0 aliphatic heterocycles. The number of carbonyl (C=O) groups is 1. The molecule has 0 radical (unpaired) electrons. The first kappa shape index (κ1) is 15.3. The number of rotatable bonds is 3. The van der Waals surface area contributed by atoms with Crippen LogP contribution in [0.4, 0.5) is 5.69 Å². The fourth-order valence-corrected chi connectivity index (χ4v) is 2.59. The van der Waals surface area contributed by atoms with Crippen LogP contribution >= 0.6 is 43.5 Å². The zero-order valence-corrected chi connectivity index (χ0v) is 14.2. The molecule has 1 aromatic carbocycles. The van der Waals surface area contributed by atoms with Crippen molar-refractivity contribution in [3.05, 3.63) is 50.1 Å². The number of nitrogens with one attached hydrogen (secondary N) is 1. The Labute approximate surface area is 137 Å². The van der Waals surface area contributed by atoms with Crippen LogP contribution in [0.25, 0.3) is 0 Å². The van der Waals surface area contributed by atoms with Gasteiger partial charge in [-0.25, -0.2) is 4.98 Å². The fraction of sp³-hybridized carbons (Fsp3) is 0.0769. The van der Waals surface area contributed by atoms with Crippen LogP contribution in [-0.4, -0.2) is 18.0 Å². The minimum atomic E-state index is -0.333. The van der Waals surface area contributed by atoms with Gasteiger partial charge in [-0.2, -0.15) is 0 Å². The zero-order valence-electron chi connectivity index (χ0n) is 10.3. The highest BCUT2D eigenvalue weighted by atomic mass is 79.9. The number of pyridine rings is 1. The third kappa shape index (κ3) is 3.50. The Morgan fingerprint density at radius 3 is 2.75 bits per heavy atom. The molecule has 0 saturated heterocycles. The molecule has 7 heteroatoms. The van der Waals surface area contributed by atoms with Gasteiger partial charge >= 0.3 is 0 Å². The lowest BCUT2D eigenvalue weighted by Crippen LogP contribution is -2.13. The van der Waals surface area contributed by atoms with Crippen molar-refractivity contribution in [3.8, 4) is 5.75 Å². The second-order valence-electron chi connectivity index (χ2n) is 3.80. The number of nitrogens with zero attached hydrogens (tertiary/aromatic N) is 1. The molecule has 2 rings (SSSR count). The number of benzene rings is 1. The topological polar surface area (TPSA) is 51.2 Å². The van der Waals surface area contributed by atoms with E-state index in [1.54, 1.807) is 31.4 Å². The quantitative estimate of drug-likeness (QED) is 0.743. The second kappa shape index (κ2) is 6.56. The summed E-state index contributed by atoms with van der Waals surface area (Å²) in [6, 6.07) is 6.85. The van der Waals surface area contributed by atoms with E-state index in [-0.39, 0.29) is 11.1 Å². The molecule has 4 nitrogen and oxygen atoms in total. The van der Waals surface area contributed by atoms with Gasteiger partial charge in [0.05, 0.1) is 17.1 Å². The van der Waals surface area contributed by atoms with Crippen LogP contribution in [0.2, 0.25) is 5.15 Å². The maximum Gasteiger partial charge on any atom is 0.258 e. The lowest BCUT2D eigenvalue weighted by molar-refractivity contribution is 0.102. The van der Waals surface area contributed by atoms with E-state index in [1.165, 1.54) is 6.20 Å². The number of anilines is 1. The average molecular weight is 420 g/mol.